The van der Waals surface area contributed by atoms with Crippen molar-refractivity contribution in [2.75, 3.05) is 6.61 Å². The lowest BCUT2D eigenvalue weighted by molar-refractivity contribution is -0.255. The van der Waals surface area contributed by atoms with Crippen LogP contribution in [0.15, 0.2) is 23.8 Å². The smallest absolute Gasteiger partial charge is 0.381 e. The number of hydrogen-bond acceptors (Lipinski definition) is 6. The number of hydrogen-bond donors (Lipinski definition) is 2. The molecule has 0 saturated heterocycles. The Morgan fingerprint density at radius 1 is 0.833 bits per heavy atom. The summed E-state index contributed by atoms with van der Waals surface area (Å²) in [7, 11) is 0. The number of carbonyl (C=O) groups is 2. The van der Waals surface area contributed by atoms with E-state index in [2.05, 4.69) is 28.9 Å². The van der Waals surface area contributed by atoms with Crippen molar-refractivity contribution >= 4 is 11.9 Å². The lowest BCUT2D eigenvalue weighted by Crippen LogP contribution is -2.15. The molecule has 30 heavy (non-hydrogen) atoms. The molecule has 1 unspecified atom stereocenters. The number of aliphatic hydroxyl groups is 2. The fraction of sp³-hybridized carbons (Fsp3) is 0.750. The van der Waals surface area contributed by atoms with E-state index in [0.29, 0.717) is 6.42 Å². The van der Waals surface area contributed by atoms with Gasteiger partial charge in [0.2, 0.25) is 0 Å². The molecule has 0 aromatic rings. The van der Waals surface area contributed by atoms with Crippen LogP contribution >= 0.6 is 0 Å². The fourth-order valence-corrected chi connectivity index (χ4v) is 2.94. The van der Waals surface area contributed by atoms with Gasteiger partial charge in [0.1, 0.15) is 0 Å². The fourth-order valence-electron chi connectivity index (χ4n) is 2.94. The summed E-state index contributed by atoms with van der Waals surface area (Å²) in [5, 5.41) is 17.9. The van der Waals surface area contributed by atoms with E-state index in [4.69, 9.17) is 5.11 Å². The Labute approximate surface area is 182 Å². The summed E-state index contributed by atoms with van der Waals surface area (Å²) in [5.74, 6) is -1.45. The van der Waals surface area contributed by atoms with Crippen molar-refractivity contribution in [2.24, 2.45) is 0 Å². The minimum Gasteiger partial charge on any atom is -0.393 e. The van der Waals surface area contributed by atoms with Gasteiger partial charge in [0.25, 0.3) is 0 Å². The summed E-state index contributed by atoms with van der Waals surface area (Å²) in [6.45, 7) is 3.14. The molecule has 0 bridgehead atoms. The van der Waals surface area contributed by atoms with Gasteiger partial charge in [-0.1, -0.05) is 70.4 Å². The van der Waals surface area contributed by atoms with Gasteiger partial charge >= 0.3 is 11.9 Å². The van der Waals surface area contributed by atoms with Crippen LogP contribution in [0.4, 0.5) is 0 Å². The van der Waals surface area contributed by atoms with Crippen molar-refractivity contribution in [3.63, 3.8) is 0 Å². The minimum absolute atomic E-state index is 0.0605. The van der Waals surface area contributed by atoms with Gasteiger partial charge in [-0.3, -0.25) is 0 Å². The Kier molecular flexibility index (Phi) is 19.5. The van der Waals surface area contributed by atoms with Crippen LogP contribution in [0.3, 0.4) is 0 Å². The Morgan fingerprint density at radius 3 is 1.93 bits per heavy atom. The van der Waals surface area contributed by atoms with Crippen molar-refractivity contribution in [3.05, 3.63) is 23.8 Å². The lowest BCUT2D eigenvalue weighted by Gasteiger charge is -2.05. The molecule has 0 heterocycles. The quantitative estimate of drug-likeness (QED) is 0.101. The van der Waals surface area contributed by atoms with Crippen LogP contribution in [0.2, 0.25) is 0 Å². The predicted molar refractivity (Wildman–Crippen MR) is 118 cm³/mol. The molecule has 6 heteroatoms. The van der Waals surface area contributed by atoms with Crippen molar-refractivity contribution < 1.29 is 29.6 Å². The highest BCUT2D eigenvalue weighted by molar-refractivity contribution is 5.87. The summed E-state index contributed by atoms with van der Waals surface area (Å²) in [5.41, 5.74) is 0.0605. The van der Waals surface area contributed by atoms with Crippen LogP contribution in [-0.4, -0.2) is 34.9 Å². The largest absolute Gasteiger partial charge is 0.393 e. The molecule has 0 aliphatic carbocycles. The topological polar surface area (TPSA) is 93.1 Å². The van der Waals surface area contributed by atoms with Crippen LogP contribution in [0.25, 0.3) is 0 Å². The molecule has 0 radical (unpaired) electrons. The average molecular weight is 427 g/mol. The average Bonchev–Trinajstić information content (AvgIpc) is 2.74. The monoisotopic (exact) mass is 426 g/mol. The van der Waals surface area contributed by atoms with Gasteiger partial charge in [-0.25, -0.2) is 19.4 Å². The maximum atomic E-state index is 11.6. The highest BCUT2D eigenvalue weighted by Gasteiger charge is 2.12. The number of carbonyl (C=O) groups excluding carboxylic acids is 2. The Hall–Kier alpha value is -1.66. The van der Waals surface area contributed by atoms with Crippen LogP contribution < -0.4 is 0 Å². The van der Waals surface area contributed by atoms with Crippen molar-refractivity contribution in [1.82, 2.24) is 0 Å². The van der Waals surface area contributed by atoms with Crippen molar-refractivity contribution in [2.45, 2.75) is 110 Å². The third kappa shape index (κ3) is 18.4. The first-order valence-electron chi connectivity index (χ1n) is 11.5. The van der Waals surface area contributed by atoms with Crippen LogP contribution in [0.5, 0.6) is 0 Å². The third-order valence-corrected chi connectivity index (χ3v) is 4.80. The second-order valence-corrected chi connectivity index (χ2v) is 7.76. The molecule has 6 nitrogen and oxygen atoms in total. The predicted octanol–water partition coefficient (Wildman–Crippen LogP) is 5.32. The third-order valence-electron chi connectivity index (χ3n) is 4.80. The molecule has 0 saturated carbocycles. The number of unbranched alkanes of at least 4 members (excludes halogenated alkanes) is 11. The molecular weight excluding hydrogens is 384 g/mol. The van der Waals surface area contributed by atoms with Gasteiger partial charge in [-0.05, 0) is 45.1 Å². The Balaban J connectivity index is 3.51. The maximum Gasteiger partial charge on any atom is 0.381 e. The number of rotatable bonds is 18. The second-order valence-electron chi connectivity index (χ2n) is 7.76. The first kappa shape index (κ1) is 28.3. The molecular formula is C24H42O6. The lowest BCUT2D eigenvalue weighted by atomic mass is 10.1. The van der Waals surface area contributed by atoms with E-state index >= 15 is 0 Å². The zero-order chi connectivity index (χ0) is 22.5. The van der Waals surface area contributed by atoms with Crippen LogP contribution in [0.1, 0.15) is 104 Å². The maximum absolute atomic E-state index is 11.6. The standard InChI is InChI=1S/C24H42O6/c1-3-4-5-6-7-8-9-10-11-12-13-14-15-16-17-18-23(27)29-30-24(28)21(2)19-22(26)20-25/h10-11,19,22,25-26H,3-9,12-18,20H2,1-2H3/b11-10-,21-19+. The molecule has 0 aliphatic heterocycles. The van der Waals surface area contributed by atoms with Crippen molar-refractivity contribution in [3.8, 4) is 0 Å². The SMILES string of the molecule is CCCCCCCC/C=C\CCCCCCCC(=O)OOC(=O)/C(C)=C/C(O)CO. The molecule has 0 amide bonds. The van der Waals surface area contributed by atoms with Gasteiger partial charge in [0.15, 0.2) is 0 Å². The summed E-state index contributed by atoms with van der Waals surface area (Å²) < 4.78 is 0. The van der Waals surface area contributed by atoms with E-state index in [1.807, 2.05) is 0 Å². The van der Waals surface area contributed by atoms with E-state index < -0.39 is 24.6 Å². The van der Waals surface area contributed by atoms with E-state index in [1.54, 1.807) is 0 Å². The number of allylic oxidation sites excluding steroid dienone is 2. The summed E-state index contributed by atoms with van der Waals surface area (Å²) >= 11 is 0. The Bertz CT molecular complexity index is 498. The molecule has 0 spiro atoms. The van der Waals surface area contributed by atoms with Gasteiger partial charge in [-0.2, -0.15) is 0 Å². The second kappa shape index (κ2) is 20.6. The zero-order valence-corrected chi connectivity index (χ0v) is 18.9. The zero-order valence-electron chi connectivity index (χ0n) is 18.9. The summed E-state index contributed by atoms with van der Waals surface area (Å²) in [6, 6.07) is 0. The van der Waals surface area contributed by atoms with Gasteiger partial charge in [0.05, 0.1) is 19.1 Å². The molecule has 0 aromatic heterocycles. The molecule has 0 rings (SSSR count). The molecule has 0 fully saturated rings. The van der Waals surface area contributed by atoms with Gasteiger partial charge < -0.3 is 10.2 Å². The van der Waals surface area contributed by atoms with E-state index in [9.17, 15) is 14.7 Å². The van der Waals surface area contributed by atoms with Crippen LogP contribution in [0, 0.1) is 0 Å². The normalized spacial score (nSPS) is 12.9. The first-order valence-corrected chi connectivity index (χ1v) is 11.5. The van der Waals surface area contributed by atoms with E-state index in [0.717, 1.165) is 31.8 Å². The highest BCUT2D eigenvalue weighted by atomic mass is 17.2. The minimum atomic E-state index is -1.15. The Morgan fingerprint density at radius 2 is 1.37 bits per heavy atom. The van der Waals surface area contributed by atoms with Gasteiger partial charge in [0, 0.05) is 5.57 Å². The first-order chi connectivity index (χ1) is 14.5. The molecule has 1 atom stereocenters. The highest BCUT2D eigenvalue weighted by Crippen LogP contribution is 2.10. The van der Waals surface area contributed by atoms with E-state index in [-0.39, 0.29) is 12.0 Å². The van der Waals surface area contributed by atoms with Crippen LogP contribution in [-0.2, 0) is 19.4 Å². The van der Waals surface area contributed by atoms with Crippen molar-refractivity contribution in [1.29, 1.82) is 0 Å². The summed E-state index contributed by atoms with van der Waals surface area (Å²) in [4.78, 5) is 32.0. The molecule has 174 valence electrons. The van der Waals surface area contributed by atoms with E-state index in [1.165, 1.54) is 58.3 Å². The summed E-state index contributed by atoms with van der Waals surface area (Å²) in [6.07, 6.45) is 20.1. The molecule has 0 aromatic carbocycles. The number of aliphatic hydroxyl groups excluding tert-OH is 2. The van der Waals surface area contributed by atoms with Gasteiger partial charge in [-0.15, -0.1) is 0 Å². The molecule has 2 N–H and O–H groups in total. The molecule has 0 aliphatic rings.